The minimum absolute atomic E-state index is 0.000817. The van der Waals surface area contributed by atoms with E-state index in [0.717, 1.165) is 12.8 Å². The van der Waals surface area contributed by atoms with Gasteiger partial charge in [0.05, 0.1) is 50.5 Å². The third-order valence-electron chi connectivity index (χ3n) is 12.7. The molecular formula is C50H68N14O8. The number of nitrogens with one attached hydrogen (secondary N) is 2. The van der Waals surface area contributed by atoms with Crippen LogP contribution in [0.5, 0.6) is 23.5 Å². The molecule has 0 radical (unpaired) electrons. The Morgan fingerprint density at radius 1 is 0.653 bits per heavy atom. The molecule has 386 valence electrons. The molecule has 6 atom stereocenters. The number of nitrogens with zero attached hydrogens (tertiary/aromatic N) is 10. The third kappa shape index (κ3) is 14.8. The first kappa shape index (κ1) is 54.4. The summed E-state index contributed by atoms with van der Waals surface area (Å²) in [5, 5.41) is 29.8. The maximum absolute atomic E-state index is 14.4. The van der Waals surface area contributed by atoms with Gasteiger partial charge in [-0.1, -0.05) is 100.0 Å². The van der Waals surface area contributed by atoms with Crippen LogP contribution in [0.25, 0.3) is 0 Å². The summed E-state index contributed by atoms with van der Waals surface area (Å²) in [5.74, 6) is 11.0. The number of aromatic nitrogens is 8. The first-order valence-electron chi connectivity index (χ1n) is 24.4. The lowest BCUT2D eigenvalue weighted by molar-refractivity contribution is -0.142. The van der Waals surface area contributed by atoms with Crippen molar-refractivity contribution in [1.82, 2.24) is 60.8 Å². The summed E-state index contributed by atoms with van der Waals surface area (Å²) in [5.41, 5.74) is 10.5. The predicted octanol–water partition coefficient (Wildman–Crippen LogP) is 2.46. The number of hydrogen-bond donors (Lipinski definition) is 4. The van der Waals surface area contributed by atoms with Gasteiger partial charge in [0.15, 0.2) is 0 Å². The van der Waals surface area contributed by atoms with Crippen LogP contribution >= 0.6 is 0 Å². The molecule has 0 aliphatic carbocycles. The van der Waals surface area contributed by atoms with Crippen molar-refractivity contribution in [3.8, 4) is 47.2 Å². The Morgan fingerprint density at radius 2 is 1.04 bits per heavy atom. The second kappa shape index (κ2) is 25.9. The van der Waals surface area contributed by atoms with E-state index < -0.39 is 46.8 Å². The predicted molar refractivity (Wildman–Crippen MR) is 263 cm³/mol. The summed E-state index contributed by atoms with van der Waals surface area (Å²) in [7, 11) is 0. The molecule has 2 aliphatic rings. The summed E-state index contributed by atoms with van der Waals surface area (Å²) in [6, 6.07) is 14.6. The summed E-state index contributed by atoms with van der Waals surface area (Å²) in [4.78, 5) is 58.8. The molecule has 2 saturated heterocycles. The zero-order valence-electron chi connectivity index (χ0n) is 42.0. The fourth-order valence-electron chi connectivity index (χ4n) is 8.43. The minimum atomic E-state index is -0.972. The van der Waals surface area contributed by atoms with Gasteiger partial charge in [0, 0.05) is 23.9 Å². The van der Waals surface area contributed by atoms with Crippen molar-refractivity contribution >= 4 is 23.6 Å². The molecule has 0 bridgehead atoms. The first-order valence-corrected chi connectivity index (χ1v) is 24.4. The molecule has 4 amide bonds. The van der Waals surface area contributed by atoms with Gasteiger partial charge >= 0.3 is 12.0 Å². The fraction of sp³-hybridized carbons (Fsp3) is 0.560. The van der Waals surface area contributed by atoms with Crippen LogP contribution in [0.4, 0.5) is 0 Å². The van der Waals surface area contributed by atoms with Crippen LogP contribution in [-0.4, -0.2) is 150 Å². The molecule has 22 nitrogen and oxygen atoms in total. The van der Waals surface area contributed by atoms with Crippen molar-refractivity contribution in [3.05, 3.63) is 60.7 Å². The monoisotopic (exact) mass is 993 g/mol. The maximum atomic E-state index is 14.4. The molecule has 72 heavy (non-hydrogen) atoms. The molecule has 0 spiro atoms. The number of hydrogen-bond acceptors (Lipinski definition) is 16. The van der Waals surface area contributed by atoms with Crippen molar-refractivity contribution in [3.63, 3.8) is 0 Å². The lowest BCUT2D eigenvalue weighted by atomic mass is 9.83. The van der Waals surface area contributed by atoms with Gasteiger partial charge in [-0.2, -0.15) is 9.36 Å². The molecule has 2 unspecified atom stereocenters. The van der Waals surface area contributed by atoms with Crippen LogP contribution < -0.4 is 31.6 Å². The Bertz CT molecular complexity index is 2360. The number of rotatable bonds is 24. The number of tetrazole rings is 2. The Morgan fingerprint density at radius 3 is 1.42 bits per heavy atom. The number of nitrogens with two attached hydrogens (primary N) is 2. The van der Waals surface area contributed by atoms with Gasteiger partial charge in [-0.15, -0.1) is 0 Å². The second-order valence-electron chi connectivity index (χ2n) is 19.3. The Labute approximate surface area is 420 Å². The maximum Gasteiger partial charge on any atom is 0.341 e. The van der Waals surface area contributed by atoms with Gasteiger partial charge < -0.3 is 50.8 Å². The smallest absolute Gasteiger partial charge is 0.341 e. The molecule has 2 aromatic heterocycles. The van der Waals surface area contributed by atoms with Crippen molar-refractivity contribution in [2.45, 2.75) is 129 Å². The molecule has 2 aromatic carbocycles. The van der Waals surface area contributed by atoms with Gasteiger partial charge in [0.1, 0.15) is 36.8 Å². The number of carbonyl (C=O) groups excluding carboxylic acids is 4. The SMILES string of the molecule is CCC(N)C(=O)N[C@H](C(=O)N1CCC[C@H]1Cn1nnnc1Oc1ccccc1)C(C)(C)COCC#CC#CCOCC(C)(C)[C@H](NC(=O)C(N)CC)C(=O)N1CCC[C@H]1Cn1nnnc1Oc1ccccc1. The Balaban J connectivity index is 1.02. The second-order valence-corrected chi connectivity index (χ2v) is 19.3. The van der Waals surface area contributed by atoms with Crippen LogP contribution in [0.3, 0.4) is 0 Å². The van der Waals surface area contributed by atoms with Gasteiger partial charge in [0.25, 0.3) is 0 Å². The molecule has 4 heterocycles. The summed E-state index contributed by atoms with van der Waals surface area (Å²) in [6.07, 6.45) is 3.69. The van der Waals surface area contributed by atoms with Gasteiger partial charge in [-0.25, -0.2) is 0 Å². The van der Waals surface area contributed by atoms with Gasteiger partial charge in [0.2, 0.25) is 23.6 Å². The largest absolute Gasteiger partial charge is 0.423 e. The van der Waals surface area contributed by atoms with E-state index in [1.165, 1.54) is 9.36 Å². The normalized spacial score (nSPS) is 17.4. The summed E-state index contributed by atoms with van der Waals surface area (Å²) >= 11 is 0. The van der Waals surface area contributed by atoms with Gasteiger partial charge in [-0.05, 0) is 95.5 Å². The fourth-order valence-corrected chi connectivity index (χ4v) is 8.43. The highest BCUT2D eigenvalue weighted by atomic mass is 16.5. The molecular weight excluding hydrogens is 925 g/mol. The molecule has 4 aromatic rings. The van der Waals surface area contributed by atoms with E-state index in [0.29, 0.717) is 50.3 Å². The standard InChI is InChI=1S/C50H68N14O8/c1-7-39(51)43(65)53-41(45(67)61-27-19-21-35(61)31-63-47(55-57-59-63)71-37-23-13-11-14-24-37)49(3,4)33-69-29-17-9-10-18-30-70-34-50(5,6)42(54-44(66)40(52)8-2)46(68)62-28-20-22-36(62)32-64-48(56-58-60-64)72-38-25-15-12-16-26-38/h11-16,23-26,35-36,39-42H,7-8,19-22,27-34,51-52H2,1-6H3,(H,53,65)(H,54,66)/t35-,36-,39?,40?,41+,42+/m0/s1. The lowest BCUT2D eigenvalue weighted by Crippen LogP contribution is -2.60. The average molecular weight is 993 g/mol. The third-order valence-corrected chi connectivity index (χ3v) is 12.7. The van der Waals surface area contributed by atoms with Crippen LogP contribution in [0.2, 0.25) is 0 Å². The van der Waals surface area contributed by atoms with E-state index in [2.05, 4.69) is 65.4 Å². The van der Waals surface area contributed by atoms with Crippen LogP contribution in [0, 0.1) is 34.5 Å². The highest BCUT2D eigenvalue weighted by molar-refractivity contribution is 5.91. The van der Waals surface area contributed by atoms with E-state index in [1.54, 1.807) is 47.9 Å². The Hall–Kier alpha value is -6.98. The highest BCUT2D eigenvalue weighted by Crippen LogP contribution is 2.31. The van der Waals surface area contributed by atoms with Crippen molar-refractivity contribution < 1.29 is 38.1 Å². The lowest BCUT2D eigenvalue weighted by Gasteiger charge is -2.38. The molecule has 2 fully saturated rings. The average Bonchev–Trinajstić information content (AvgIpc) is 4.23. The molecule has 2 aliphatic heterocycles. The summed E-state index contributed by atoms with van der Waals surface area (Å²) < 4.78 is 26.8. The van der Waals surface area contributed by atoms with Gasteiger partial charge in [-0.3, -0.25) is 19.2 Å². The van der Waals surface area contributed by atoms with E-state index in [-0.39, 0.29) is 75.4 Å². The Kier molecular flexibility index (Phi) is 19.6. The number of carbonyl (C=O) groups is 4. The number of likely N-dealkylation sites (tertiary alicyclic amines) is 2. The van der Waals surface area contributed by atoms with Crippen LogP contribution in [0.1, 0.15) is 80.1 Å². The molecule has 22 heteroatoms. The first-order chi connectivity index (χ1) is 34.6. The van der Waals surface area contributed by atoms with Crippen LogP contribution in [-0.2, 0) is 41.7 Å². The van der Waals surface area contributed by atoms with E-state index >= 15 is 0 Å². The minimum Gasteiger partial charge on any atom is -0.423 e. The molecule has 0 saturated carbocycles. The van der Waals surface area contributed by atoms with Crippen molar-refractivity contribution in [2.24, 2.45) is 22.3 Å². The van der Waals surface area contributed by atoms with E-state index in [1.807, 2.05) is 64.1 Å². The number of para-hydroxylation sites is 2. The number of amides is 4. The number of benzene rings is 2. The highest BCUT2D eigenvalue weighted by Gasteiger charge is 2.44. The summed E-state index contributed by atoms with van der Waals surface area (Å²) in [6.45, 7) is 12.7. The zero-order valence-corrected chi connectivity index (χ0v) is 42.0. The van der Waals surface area contributed by atoms with Crippen molar-refractivity contribution in [1.29, 1.82) is 0 Å². The zero-order chi connectivity index (χ0) is 51.7. The topological polar surface area (TPSA) is 275 Å². The molecule has 6 rings (SSSR count). The van der Waals surface area contributed by atoms with E-state index in [4.69, 9.17) is 30.4 Å². The number of ether oxygens (including phenoxy) is 4. The van der Waals surface area contributed by atoms with E-state index in [9.17, 15) is 19.2 Å². The molecule has 6 N–H and O–H groups in total. The van der Waals surface area contributed by atoms with Crippen LogP contribution in [0.15, 0.2) is 60.7 Å². The quantitative estimate of drug-likeness (QED) is 0.0580. The van der Waals surface area contributed by atoms with Crippen molar-refractivity contribution in [2.75, 3.05) is 39.5 Å².